The second-order valence-electron chi connectivity index (χ2n) is 2.43. The maximum absolute atomic E-state index is 10.2. The van der Waals surface area contributed by atoms with Crippen LogP contribution in [-0.2, 0) is 4.79 Å². The zero-order chi connectivity index (χ0) is 5.72. The molecule has 0 saturated heterocycles. The highest BCUT2D eigenvalue weighted by Crippen LogP contribution is 2.54. The number of allylic oxidation sites excluding steroid dienone is 1. The molecule has 2 nitrogen and oxygen atoms in total. The largest absolute Gasteiger partial charge is 0.478 e. The molecule has 0 aromatic rings. The molecule has 0 heterocycles. The standard InChI is InChI=1S/C6H6O2/c7-6(8)5-2-3-1-4(3)5/h2-4H,1H2,(H,7,8). The summed E-state index contributed by atoms with van der Waals surface area (Å²) in [6.07, 6.45) is 2.95. The molecule has 2 atom stereocenters. The van der Waals surface area contributed by atoms with E-state index in [1.54, 1.807) is 0 Å². The molecular formula is C6H6O2. The molecule has 0 aliphatic heterocycles. The van der Waals surface area contributed by atoms with Gasteiger partial charge in [-0.3, -0.25) is 0 Å². The van der Waals surface area contributed by atoms with Crippen LogP contribution in [0.15, 0.2) is 11.6 Å². The fraction of sp³-hybridized carbons (Fsp3) is 0.500. The Morgan fingerprint density at radius 3 is 2.75 bits per heavy atom. The second kappa shape index (κ2) is 0.966. The van der Waals surface area contributed by atoms with E-state index in [0.29, 0.717) is 17.4 Å². The van der Waals surface area contributed by atoms with Crippen LogP contribution in [0.2, 0.25) is 0 Å². The van der Waals surface area contributed by atoms with Crippen LogP contribution >= 0.6 is 0 Å². The monoisotopic (exact) mass is 110 g/mol. The van der Waals surface area contributed by atoms with Gasteiger partial charge in [-0.2, -0.15) is 0 Å². The van der Waals surface area contributed by atoms with Gasteiger partial charge in [0.2, 0.25) is 0 Å². The summed E-state index contributed by atoms with van der Waals surface area (Å²) in [6.45, 7) is 0. The van der Waals surface area contributed by atoms with E-state index in [9.17, 15) is 4.79 Å². The number of aliphatic carboxylic acids is 1. The summed E-state index contributed by atoms with van der Waals surface area (Å²) in [5, 5.41) is 8.36. The van der Waals surface area contributed by atoms with Crippen LogP contribution in [0.4, 0.5) is 0 Å². The molecule has 0 aromatic heterocycles. The molecule has 1 fully saturated rings. The molecule has 2 unspecified atom stereocenters. The Kier molecular flexibility index (Phi) is 0.498. The van der Waals surface area contributed by atoms with Crippen LogP contribution in [0.1, 0.15) is 6.42 Å². The highest BCUT2D eigenvalue weighted by Gasteiger charge is 2.48. The number of carboxylic acid groups (broad SMARTS) is 1. The molecule has 2 rings (SSSR count). The molecule has 0 radical (unpaired) electrons. The minimum absolute atomic E-state index is 0.451. The van der Waals surface area contributed by atoms with Crippen molar-refractivity contribution in [2.75, 3.05) is 0 Å². The van der Waals surface area contributed by atoms with Gasteiger partial charge in [0.15, 0.2) is 0 Å². The maximum atomic E-state index is 10.2. The number of hydrogen-bond donors (Lipinski definition) is 1. The highest BCUT2D eigenvalue weighted by molar-refractivity contribution is 5.90. The van der Waals surface area contributed by atoms with Crippen molar-refractivity contribution >= 4 is 5.97 Å². The topological polar surface area (TPSA) is 37.3 Å². The summed E-state index contributed by atoms with van der Waals surface area (Å²) in [4.78, 5) is 10.2. The molecule has 8 heavy (non-hydrogen) atoms. The predicted octanol–water partition coefficient (Wildman–Crippen LogP) is 0.647. The van der Waals surface area contributed by atoms with Crippen molar-refractivity contribution in [3.63, 3.8) is 0 Å². The van der Waals surface area contributed by atoms with Gasteiger partial charge < -0.3 is 5.11 Å². The summed E-state index contributed by atoms with van der Waals surface area (Å²) < 4.78 is 0. The summed E-state index contributed by atoms with van der Waals surface area (Å²) in [5.74, 6) is 0.386. The Labute approximate surface area is 46.8 Å². The molecule has 2 aliphatic rings. The smallest absolute Gasteiger partial charge is 0.331 e. The van der Waals surface area contributed by atoms with E-state index in [4.69, 9.17) is 5.11 Å². The number of carbonyl (C=O) groups is 1. The average molecular weight is 110 g/mol. The lowest BCUT2D eigenvalue weighted by molar-refractivity contribution is -0.133. The molecule has 0 aromatic carbocycles. The van der Waals surface area contributed by atoms with Crippen molar-refractivity contribution in [2.24, 2.45) is 11.8 Å². The highest BCUT2D eigenvalue weighted by atomic mass is 16.4. The fourth-order valence-electron chi connectivity index (χ4n) is 1.22. The van der Waals surface area contributed by atoms with Crippen LogP contribution in [-0.4, -0.2) is 11.1 Å². The van der Waals surface area contributed by atoms with Gasteiger partial charge in [-0.15, -0.1) is 0 Å². The van der Waals surface area contributed by atoms with E-state index >= 15 is 0 Å². The van der Waals surface area contributed by atoms with Gasteiger partial charge in [0.1, 0.15) is 0 Å². The molecule has 1 saturated carbocycles. The second-order valence-corrected chi connectivity index (χ2v) is 2.43. The predicted molar refractivity (Wildman–Crippen MR) is 27.3 cm³/mol. The van der Waals surface area contributed by atoms with Crippen molar-refractivity contribution in [3.8, 4) is 0 Å². The summed E-state index contributed by atoms with van der Waals surface area (Å²) >= 11 is 0. The maximum Gasteiger partial charge on any atom is 0.331 e. The third-order valence-electron chi connectivity index (χ3n) is 1.88. The Morgan fingerprint density at radius 1 is 1.88 bits per heavy atom. The third-order valence-corrected chi connectivity index (χ3v) is 1.88. The molecule has 2 aliphatic carbocycles. The first-order valence-corrected chi connectivity index (χ1v) is 2.74. The Hall–Kier alpha value is -0.790. The molecule has 42 valence electrons. The SMILES string of the molecule is O=C(O)C1=CC2CC12. The van der Waals surface area contributed by atoms with Gasteiger partial charge in [-0.1, -0.05) is 6.08 Å². The summed E-state index contributed by atoms with van der Waals surface area (Å²) in [5.41, 5.74) is 0.648. The van der Waals surface area contributed by atoms with Crippen molar-refractivity contribution in [3.05, 3.63) is 11.6 Å². The Morgan fingerprint density at radius 2 is 2.62 bits per heavy atom. The van der Waals surface area contributed by atoms with Crippen LogP contribution < -0.4 is 0 Å². The molecular weight excluding hydrogens is 104 g/mol. The number of carboxylic acids is 1. The van der Waals surface area contributed by atoms with Gasteiger partial charge in [0.25, 0.3) is 0 Å². The molecule has 0 bridgehead atoms. The zero-order valence-electron chi connectivity index (χ0n) is 4.29. The molecule has 2 heteroatoms. The van der Waals surface area contributed by atoms with Crippen LogP contribution in [0.3, 0.4) is 0 Å². The lowest BCUT2D eigenvalue weighted by Gasteiger charge is -2.06. The number of rotatable bonds is 1. The minimum Gasteiger partial charge on any atom is -0.478 e. The fourth-order valence-corrected chi connectivity index (χ4v) is 1.22. The van der Waals surface area contributed by atoms with Gasteiger partial charge in [-0.25, -0.2) is 4.79 Å². The Bertz CT molecular complexity index is 181. The average Bonchev–Trinajstić information content (AvgIpc) is 2.13. The normalized spacial score (nSPS) is 39.2. The lowest BCUT2D eigenvalue weighted by Crippen LogP contribution is -2.09. The van der Waals surface area contributed by atoms with E-state index in [1.165, 1.54) is 0 Å². The summed E-state index contributed by atoms with van der Waals surface area (Å²) in [6, 6.07) is 0. The third kappa shape index (κ3) is 0.312. The molecule has 0 amide bonds. The molecule has 1 N–H and O–H groups in total. The first kappa shape index (κ1) is 4.13. The van der Waals surface area contributed by atoms with Crippen molar-refractivity contribution < 1.29 is 9.90 Å². The summed E-state index contributed by atoms with van der Waals surface area (Å²) in [7, 11) is 0. The zero-order valence-corrected chi connectivity index (χ0v) is 4.29. The van der Waals surface area contributed by atoms with E-state index in [0.717, 1.165) is 6.42 Å². The van der Waals surface area contributed by atoms with E-state index in [1.807, 2.05) is 6.08 Å². The van der Waals surface area contributed by atoms with Crippen LogP contribution in [0.25, 0.3) is 0 Å². The van der Waals surface area contributed by atoms with Gasteiger partial charge in [-0.05, 0) is 18.3 Å². The first-order chi connectivity index (χ1) is 3.79. The van der Waals surface area contributed by atoms with Gasteiger partial charge in [0.05, 0.1) is 0 Å². The van der Waals surface area contributed by atoms with Crippen molar-refractivity contribution in [2.45, 2.75) is 6.42 Å². The van der Waals surface area contributed by atoms with Crippen molar-refractivity contribution in [1.82, 2.24) is 0 Å². The lowest BCUT2D eigenvalue weighted by atomic mass is 10.00. The number of fused-ring (bicyclic) bond motifs is 1. The van der Waals surface area contributed by atoms with E-state index < -0.39 is 5.97 Å². The van der Waals surface area contributed by atoms with E-state index in [-0.39, 0.29) is 0 Å². The van der Waals surface area contributed by atoms with Crippen molar-refractivity contribution in [1.29, 1.82) is 0 Å². The molecule has 0 spiro atoms. The Balaban J connectivity index is 2.20. The van der Waals surface area contributed by atoms with Gasteiger partial charge >= 0.3 is 5.97 Å². The van der Waals surface area contributed by atoms with E-state index in [2.05, 4.69) is 0 Å². The number of hydrogen-bond acceptors (Lipinski definition) is 1. The quantitative estimate of drug-likeness (QED) is 0.538. The first-order valence-electron chi connectivity index (χ1n) is 2.74. The van der Waals surface area contributed by atoms with Crippen LogP contribution in [0, 0.1) is 11.8 Å². The van der Waals surface area contributed by atoms with Crippen LogP contribution in [0.5, 0.6) is 0 Å². The minimum atomic E-state index is -0.719. The van der Waals surface area contributed by atoms with Gasteiger partial charge in [0, 0.05) is 5.57 Å².